The molecule has 0 spiro atoms. The van der Waals surface area contributed by atoms with Crippen molar-refractivity contribution in [1.29, 1.82) is 0 Å². The van der Waals surface area contributed by atoms with E-state index in [4.69, 9.17) is 4.74 Å². The molecule has 0 bridgehead atoms. The van der Waals surface area contributed by atoms with Gasteiger partial charge in [0.15, 0.2) is 5.96 Å². The number of aromatic nitrogens is 3. The van der Waals surface area contributed by atoms with Gasteiger partial charge in [0.1, 0.15) is 9.88 Å². The van der Waals surface area contributed by atoms with Crippen molar-refractivity contribution in [2.24, 2.45) is 4.99 Å². The van der Waals surface area contributed by atoms with E-state index in [1.807, 2.05) is 49.0 Å². The first-order valence-corrected chi connectivity index (χ1v) is 10.5. The van der Waals surface area contributed by atoms with Crippen molar-refractivity contribution in [2.75, 3.05) is 13.7 Å². The van der Waals surface area contributed by atoms with Gasteiger partial charge in [-0.25, -0.2) is 14.5 Å². The van der Waals surface area contributed by atoms with E-state index in [1.165, 1.54) is 11.3 Å². The van der Waals surface area contributed by atoms with Gasteiger partial charge in [-0.15, -0.1) is 11.3 Å². The maximum atomic E-state index is 12.0. The number of hydrogen-bond acceptors (Lipinski definition) is 6. The zero-order valence-corrected chi connectivity index (χ0v) is 18.4. The van der Waals surface area contributed by atoms with Crippen molar-refractivity contribution in [1.82, 2.24) is 25.4 Å². The Labute approximate surface area is 180 Å². The third-order valence-electron chi connectivity index (χ3n) is 4.36. The fourth-order valence-corrected chi connectivity index (χ4v) is 3.83. The van der Waals surface area contributed by atoms with Crippen LogP contribution < -0.4 is 10.6 Å². The molecule has 1 atom stereocenters. The minimum absolute atomic E-state index is 0.113. The first-order valence-electron chi connectivity index (χ1n) is 9.72. The van der Waals surface area contributed by atoms with Gasteiger partial charge in [0.2, 0.25) is 0 Å². The first-order chi connectivity index (χ1) is 14.5. The van der Waals surface area contributed by atoms with Crippen LogP contribution in [0.25, 0.3) is 5.69 Å². The predicted octanol–water partition coefficient (Wildman–Crippen LogP) is 3.24. The highest BCUT2D eigenvalue weighted by Crippen LogP contribution is 2.24. The molecular formula is C21H26N6O2S. The van der Waals surface area contributed by atoms with Crippen LogP contribution in [-0.4, -0.2) is 40.3 Å². The summed E-state index contributed by atoms with van der Waals surface area (Å²) in [6.45, 7) is 6.54. The molecule has 9 heteroatoms. The third-order valence-corrected chi connectivity index (χ3v) is 5.68. The number of carbonyl (C=O) groups excluding carboxylic acids is 1. The molecule has 0 saturated heterocycles. The van der Waals surface area contributed by atoms with E-state index in [0.717, 1.165) is 16.3 Å². The number of carbonyl (C=O) groups is 1. The number of rotatable bonds is 7. The van der Waals surface area contributed by atoms with E-state index < -0.39 is 0 Å². The van der Waals surface area contributed by atoms with Gasteiger partial charge in [0, 0.05) is 26.0 Å². The van der Waals surface area contributed by atoms with Crippen LogP contribution in [0.3, 0.4) is 0 Å². The second-order valence-electron chi connectivity index (χ2n) is 6.60. The van der Waals surface area contributed by atoms with Crippen molar-refractivity contribution in [3.8, 4) is 5.69 Å². The van der Waals surface area contributed by atoms with E-state index in [1.54, 1.807) is 20.2 Å². The van der Waals surface area contributed by atoms with E-state index in [-0.39, 0.29) is 12.0 Å². The van der Waals surface area contributed by atoms with Gasteiger partial charge in [-0.05, 0) is 44.5 Å². The lowest BCUT2D eigenvalue weighted by atomic mass is 10.2. The fraction of sp³-hybridized carbons (Fsp3) is 0.333. The molecule has 30 heavy (non-hydrogen) atoms. The van der Waals surface area contributed by atoms with Gasteiger partial charge in [0.25, 0.3) is 0 Å². The van der Waals surface area contributed by atoms with Gasteiger partial charge < -0.3 is 15.4 Å². The van der Waals surface area contributed by atoms with Crippen LogP contribution in [0.5, 0.6) is 0 Å². The van der Waals surface area contributed by atoms with Crippen LogP contribution >= 0.6 is 11.3 Å². The number of ether oxygens (including phenoxy) is 1. The molecule has 0 saturated carbocycles. The number of nitrogens with one attached hydrogen (secondary N) is 2. The van der Waals surface area contributed by atoms with Crippen LogP contribution in [0.2, 0.25) is 0 Å². The number of nitrogens with zero attached hydrogens (tertiary/aromatic N) is 4. The Hall–Kier alpha value is -3.20. The number of thiazole rings is 1. The van der Waals surface area contributed by atoms with Gasteiger partial charge in [0.05, 0.1) is 24.0 Å². The largest absolute Gasteiger partial charge is 0.462 e. The van der Waals surface area contributed by atoms with Crippen molar-refractivity contribution < 1.29 is 9.53 Å². The van der Waals surface area contributed by atoms with E-state index >= 15 is 0 Å². The zero-order valence-electron chi connectivity index (χ0n) is 17.5. The average Bonchev–Trinajstić information content (AvgIpc) is 3.41. The smallest absolute Gasteiger partial charge is 0.350 e. The summed E-state index contributed by atoms with van der Waals surface area (Å²) in [6, 6.07) is 9.92. The molecule has 0 aliphatic rings. The normalized spacial score (nSPS) is 12.5. The average molecular weight is 427 g/mol. The van der Waals surface area contributed by atoms with Crippen molar-refractivity contribution in [2.45, 2.75) is 33.4 Å². The predicted molar refractivity (Wildman–Crippen MR) is 118 cm³/mol. The van der Waals surface area contributed by atoms with E-state index in [0.29, 0.717) is 29.7 Å². The van der Waals surface area contributed by atoms with Crippen molar-refractivity contribution in [3.05, 3.63) is 63.9 Å². The third kappa shape index (κ3) is 5.24. The Bertz CT molecular complexity index is 1010. The Morgan fingerprint density at radius 1 is 1.37 bits per heavy atom. The second kappa shape index (κ2) is 10.0. The number of benzene rings is 1. The lowest BCUT2D eigenvalue weighted by molar-refractivity contribution is 0.0531. The quantitative estimate of drug-likeness (QED) is 0.342. The molecule has 0 aliphatic heterocycles. The Morgan fingerprint density at radius 2 is 2.20 bits per heavy atom. The summed E-state index contributed by atoms with van der Waals surface area (Å²) < 4.78 is 6.92. The minimum atomic E-state index is -0.328. The van der Waals surface area contributed by atoms with E-state index in [9.17, 15) is 4.79 Å². The maximum Gasteiger partial charge on any atom is 0.350 e. The molecule has 158 valence electrons. The number of aliphatic imine (C=N–C) groups is 1. The molecule has 2 aromatic heterocycles. The van der Waals surface area contributed by atoms with Crippen LogP contribution in [-0.2, 0) is 11.3 Å². The summed E-state index contributed by atoms with van der Waals surface area (Å²) in [5.74, 6) is 0.322. The van der Waals surface area contributed by atoms with E-state index in [2.05, 4.69) is 31.8 Å². The number of hydrogen-bond donors (Lipinski definition) is 2. The van der Waals surface area contributed by atoms with Crippen LogP contribution in [0.15, 0.2) is 47.7 Å². The molecule has 1 unspecified atom stereocenters. The molecule has 3 rings (SSSR count). The second-order valence-corrected chi connectivity index (χ2v) is 7.63. The summed E-state index contributed by atoms with van der Waals surface area (Å²) in [5, 5.41) is 11.7. The summed E-state index contributed by atoms with van der Waals surface area (Å²) >= 11 is 1.34. The standard InChI is InChI=1S/C21H26N6O2S/c1-5-29-20(28)18-14(2)25-19(30-18)15(3)26-21(22-4)23-13-16-8-6-9-17(12-16)27-11-7-10-24-27/h6-12,15H,5,13H2,1-4H3,(H2,22,23,26). The molecule has 2 heterocycles. The highest BCUT2D eigenvalue weighted by molar-refractivity contribution is 7.13. The molecular weight excluding hydrogens is 400 g/mol. The van der Waals surface area contributed by atoms with Crippen LogP contribution in [0, 0.1) is 6.92 Å². The summed E-state index contributed by atoms with van der Waals surface area (Å²) in [4.78, 5) is 21.4. The Balaban J connectivity index is 1.62. The summed E-state index contributed by atoms with van der Waals surface area (Å²) in [5.41, 5.74) is 2.79. The minimum Gasteiger partial charge on any atom is -0.462 e. The highest BCUT2D eigenvalue weighted by Gasteiger charge is 2.20. The van der Waals surface area contributed by atoms with Gasteiger partial charge in [-0.2, -0.15) is 5.10 Å². The molecule has 0 radical (unpaired) electrons. The fourth-order valence-electron chi connectivity index (χ4n) is 2.87. The number of aryl methyl sites for hydroxylation is 1. The summed E-state index contributed by atoms with van der Waals surface area (Å²) in [6.07, 6.45) is 3.67. The zero-order chi connectivity index (χ0) is 21.5. The number of guanidine groups is 1. The molecule has 3 aromatic rings. The molecule has 2 N–H and O–H groups in total. The molecule has 0 fully saturated rings. The van der Waals surface area contributed by atoms with Gasteiger partial charge >= 0.3 is 5.97 Å². The maximum absolute atomic E-state index is 12.0. The van der Waals surface area contributed by atoms with Crippen LogP contribution in [0.4, 0.5) is 0 Å². The number of esters is 1. The van der Waals surface area contributed by atoms with Gasteiger partial charge in [-0.1, -0.05) is 12.1 Å². The molecule has 0 aliphatic carbocycles. The first kappa shape index (κ1) is 21.5. The molecule has 1 aromatic carbocycles. The Morgan fingerprint density at radius 3 is 2.90 bits per heavy atom. The van der Waals surface area contributed by atoms with Crippen molar-refractivity contribution >= 4 is 23.3 Å². The SMILES string of the molecule is CCOC(=O)c1sc(C(C)NC(=NC)NCc2cccc(-n3cccn3)c2)nc1C. The van der Waals surface area contributed by atoms with Gasteiger partial charge in [-0.3, -0.25) is 4.99 Å². The van der Waals surface area contributed by atoms with Crippen LogP contribution in [0.1, 0.15) is 45.8 Å². The van der Waals surface area contributed by atoms with Crippen molar-refractivity contribution in [3.63, 3.8) is 0 Å². The summed E-state index contributed by atoms with van der Waals surface area (Å²) in [7, 11) is 1.72. The molecule has 0 amide bonds. The monoisotopic (exact) mass is 426 g/mol. The molecule has 8 nitrogen and oxygen atoms in total. The lowest BCUT2D eigenvalue weighted by Crippen LogP contribution is -2.38. The topological polar surface area (TPSA) is 93.4 Å². The lowest BCUT2D eigenvalue weighted by Gasteiger charge is -2.16. The Kier molecular flexibility index (Phi) is 7.18. The highest BCUT2D eigenvalue weighted by atomic mass is 32.1.